The van der Waals surface area contributed by atoms with Crippen LogP contribution in [0.5, 0.6) is 5.75 Å². The Morgan fingerprint density at radius 3 is 2.66 bits per heavy atom. The van der Waals surface area contributed by atoms with Gasteiger partial charge in [-0.25, -0.2) is 9.07 Å². The molecule has 0 spiro atoms. The summed E-state index contributed by atoms with van der Waals surface area (Å²) in [6.45, 7) is 1.75. The van der Waals surface area contributed by atoms with Gasteiger partial charge in [0, 0.05) is 17.1 Å². The van der Waals surface area contributed by atoms with Crippen molar-refractivity contribution in [3.8, 4) is 23.0 Å². The lowest BCUT2D eigenvalue weighted by molar-refractivity contribution is 0.102. The van der Waals surface area contributed by atoms with Gasteiger partial charge in [0.05, 0.1) is 12.8 Å². The Morgan fingerprint density at radius 2 is 1.93 bits per heavy atom. The monoisotopic (exact) mass is 410 g/mol. The Kier molecular flexibility index (Phi) is 5.00. The number of carbonyl (C=O) groups excluding carboxylic acids is 1. The number of ether oxygens (including phenoxy) is 1. The van der Waals surface area contributed by atoms with Gasteiger partial charge in [-0.1, -0.05) is 17.3 Å². The fourth-order valence-electron chi connectivity index (χ4n) is 2.67. The number of rotatable bonds is 5. The van der Waals surface area contributed by atoms with Crippen molar-refractivity contribution in [2.24, 2.45) is 0 Å². The number of hydrogen-bond acceptors (Lipinski definition) is 7. The highest BCUT2D eigenvalue weighted by molar-refractivity contribution is 7.10. The summed E-state index contributed by atoms with van der Waals surface area (Å²) in [5, 5.41) is 11.1. The van der Waals surface area contributed by atoms with Crippen LogP contribution in [0.1, 0.15) is 16.1 Å². The SMILES string of the molecule is COc1ccc(C(=O)Nc2nc(-c3nnn(-c4ccccc4F)c3C)ns2)cc1. The Morgan fingerprint density at radius 1 is 1.17 bits per heavy atom. The molecule has 0 saturated carbocycles. The lowest BCUT2D eigenvalue weighted by atomic mass is 10.2. The molecule has 4 rings (SSSR count). The molecule has 8 nitrogen and oxygen atoms in total. The van der Waals surface area contributed by atoms with E-state index in [0.29, 0.717) is 33.7 Å². The fourth-order valence-corrected chi connectivity index (χ4v) is 3.24. The summed E-state index contributed by atoms with van der Waals surface area (Å²) in [6, 6.07) is 13.0. The van der Waals surface area contributed by atoms with Crippen molar-refractivity contribution >= 4 is 22.6 Å². The molecule has 0 fully saturated rings. The molecule has 0 atom stereocenters. The van der Waals surface area contributed by atoms with E-state index in [2.05, 4.69) is 25.0 Å². The zero-order valence-electron chi connectivity index (χ0n) is 15.5. The summed E-state index contributed by atoms with van der Waals surface area (Å²) >= 11 is 1.02. The molecule has 10 heteroatoms. The van der Waals surface area contributed by atoms with Crippen LogP contribution in [0, 0.1) is 12.7 Å². The molecule has 2 aromatic carbocycles. The standard InChI is InChI=1S/C19H15FN6O2S/c1-11-16(23-25-26(11)15-6-4-3-5-14(15)20)17-21-19(29-24-17)22-18(27)12-7-9-13(28-2)10-8-12/h3-10H,1-2H3,(H,21,22,24,27). The molecule has 2 aromatic heterocycles. The van der Waals surface area contributed by atoms with Gasteiger partial charge in [0.25, 0.3) is 5.91 Å². The van der Waals surface area contributed by atoms with Gasteiger partial charge in [-0.2, -0.15) is 9.36 Å². The second-order valence-electron chi connectivity index (χ2n) is 5.99. The third-order valence-corrected chi connectivity index (χ3v) is 4.82. The smallest absolute Gasteiger partial charge is 0.257 e. The van der Waals surface area contributed by atoms with Gasteiger partial charge in [-0.05, 0) is 43.3 Å². The minimum atomic E-state index is -0.411. The molecule has 0 bridgehead atoms. The van der Waals surface area contributed by atoms with E-state index in [1.807, 2.05) is 0 Å². The summed E-state index contributed by atoms with van der Waals surface area (Å²) in [5.74, 6) is 0.237. The number of amides is 1. The minimum absolute atomic E-state index is 0.284. The number of methoxy groups -OCH3 is 1. The van der Waals surface area contributed by atoms with E-state index in [0.717, 1.165) is 11.5 Å². The highest BCUT2D eigenvalue weighted by atomic mass is 32.1. The van der Waals surface area contributed by atoms with Gasteiger partial charge in [-0.15, -0.1) is 5.10 Å². The van der Waals surface area contributed by atoms with Crippen LogP contribution in [0.4, 0.5) is 9.52 Å². The summed E-state index contributed by atoms with van der Waals surface area (Å²) in [5.41, 5.74) is 1.74. The first kappa shape index (κ1) is 18.7. The average Bonchev–Trinajstić information content (AvgIpc) is 3.35. The summed E-state index contributed by atoms with van der Waals surface area (Å²) in [4.78, 5) is 16.7. The predicted molar refractivity (Wildman–Crippen MR) is 106 cm³/mol. The molecule has 146 valence electrons. The highest BCUT2D eigenvalue weighted by Crippen LogP contribution is 2.25. The molecule has 0 saturated heterocycles. The number of para-hydroxylation sites is 1. The van der Waals surface area contributed by atoms with E-state index in [1.54, 1.807) is 56.5 Å². The van der Waals surface area contributed by atoms with Crippen molar-refractivity contribution in [3.05, 3.63) is 65.6 Å². The molecule has 0 radical (unpaired) electrons. The summed E-state index contributed by atoms with van der Waals surface area (Å²) < 4.78 is 24.8. The van der Waals surface area contributed by atoms with Crippen LogP contribution in [0.2, 0.25) is 0 Å². The first-order valence-electron chi connectivity index (χ1n) is 8.53. The third-order valence-electron chi connectivity index (χ3n) is 4.19. The maximum Gasteiger partial charge on any atom is 0.257 e. The van der Waals surface area contributed by atoms with E-state index in [9.17, 15) is 9.18 Å². The van der Waals surface area contributed by atoms with E-state index in [4.69, 9.17) is 4.74 Å². The first-order valence-corrected chi connectivity index (χ1v) is 9.31. The minimum Gasteiger partial charge on any atom is -0.497 e. The lowest BCUT2D eigenvalue weighted by Crippen LogP contribution is -2.11. The van der Waals surface area contributed by atoms with Gasteiger partial charge in [-0.3, -0.25) is 10.1 Å². The topological polar surface area (TPSA) is 94.8 Å². The van der Waals surface area contributed by atoms with Crippen LogP contribution in [0.3, 0.4) is 0 Å². The average molecular weight is 410 g/mol. The second-order valence-corrected chi connectivity index (χ2v) is 6.74. The molecule has 29 heavy (non-hydrogen) atoms. The normalized spacial score (nSPS) is 10.7. The van der Waals surface area contributed by atoms with Crippen LogP contribution in [-0.4, -0.2) is 37.4 Å². The van der Waals surface area contributed by atoms with Crippen LogP contribution < -0.4 is 10.1 Å². The Labute approximate surface area is 169 Å². The number of aromatic nitrogens is 5. The second kappa shape index (κ2) is 7.76. The number of anilines is 1. The molecule has 0 aliphatic heterocycles. The first-order chi connectivity index (χ1) is 14.1. The van der Waals surface area contributed by atoms with Crippen molar-refractivity contribution in [1.29, 1.82) is 0 Å². The van der Waals surface area contributed by atoms with Gasteiger partial charge in [0.2, 0.25) is 5.13 Å². The lowest BCUT2D eigenvalue weighted by Gasteiger charge is -2.04. The summed E-state index contributed by atoms with van der Waals surface area (Å²) in [7, 11) is 1.56. The van der Waals surface area contributed by atoms with Gasteiger partial charge in [0.15, 0.2) is 11.5 Å². The molecule has 1 N–H and O–H groups in total. The molecule has 0 aliphatic rings. The highest BCUT2D eigenvalue weighted by Gasteiger charge is 2.19. The third kappa shape index (κ3) is 3.69. The number of nitrogens with zero attached hydrogens (tertiary/aromatic N) is 5. The van der Waals surface area contributed by atoms with E-state index < -0.39 is 5.82 Å². The Balaban J connectivity index is 1.55. The largest absolute Gasteiger partial charge is 0.497 e. The summed E-state index contributed by atoms with van der Waals surface area (Å²) in [6.07, 6.45) is 0. The van der Waals surface area contributed by atoms with Crippen LogP contribution in [0.25, 0.3) is 17.2 Å². The maximum atomic E-state index is 14.1. The van der Waals surface area contributed by atoms with Gasteiger partial charge in [0.1, 0.15) is 17.3 Å². The zero-order chi connectivity index (χ0) is 20.4. The van der Waals surface area contributed by atoms with E-state index >= 15 is 0 Å². The van der Waals surface area contributed by atoms with Crippen molar-refractivity contribution in [1.82, 2.24) is 24.4 Å². The van der Waals surface area contributed by atoms with Crippen molar-refractivity contribution < 1.29 is 13.9 Å². The van der Waals surface area contributed by atoms with Gasteiger partial charge < -0.3 is 4.74 Å². The van der Waals surface area contributed by atoms with Crippen molar-refractivity contribution in [3.63, 3.8) is 0 Å². The van der Waals surface area contributed by atoms with E-state index in [-0.39, 0.29) is 11.6 Å². The number of carbonyl (C=O) groups is 1. The molecular weight excluding hydrogens is 395 g/mol. The molecule has 1 amide bonds. The quantitative estimate of drug-likeness (QED) is 0.541. The number of nitrogens with one attached hydrogen (secondary N) is 1. The molecule has 4 aromatic rings. The van der Waals surface area contributed by atoms with Crippen LogP contribution in [-0.2, 0) is 0 Å². The Hall–Kier alpha value is -3.66. The number of hydrogen-bond donors (Lipinski definition) is 1. The van der Waals surface area contributed by atoms with Crippen LogP contribution >= 0.6 is 11.5 Å². The van der Waals surface area contributed by atoms with Crippen molar-refractivity contribution in [2.75, 3.05) is 12.4 Å². The van der Waals surface area contributed by atoms with E-state index in [1.165, 1.54) is 10.7 Å². The van der Waals surface area contributed by atoms with Gasteiger partial charge >= 0.3 is 0 Å². The molecule has 0 unspecified atom stereocenters. The van der Waals surface area contributed by atoms with Crippen molar-refractivity contribution in [2.45, 2.75) is 6.92 Å². The molecule has 0 aliphatic carbocycles. The maximum absolute atomic E-state index is 14.1. The fraction of sp³-hybridized carbons (Fsp3) is 0.105. The zero-order valence-corrected chi connectivity index (χ0v) is 16.3. The van der Waals surface area contributed by atoms with Crippen LogP contribution in [0.15, 0.2) is 48.5 Å². The Bertz CT molecular complexity index is 1170. The number of halogens is 1. The number of benzene rings is 2. The molecular formula is C19H15FN6O2S. The predicted octanol–water partition coefficient (Wildman–Crippen LogP) is 3.49. The molecule has 2 heterocycles.